The highest BCUT2D eigenvalue weighted by Crippen LogP contribution is 2.22. The molecule has 1 saturated heterocycles. The van der Waals surface area contributed by atoms with Crippen molar-refractivity contribution in [2.75, 3.05) is 18.5 Å². The summed E-state index contributed by atoms with van der Waals surface area (Å²) in [6.07, 6.45) is 3.79. The summed E-state index contributed by atoms with van der Waals surface area (Å²) in [6, 6.07) is 13.8. The predicted octanol–water partition coefficient (Wildman–Crippen LogP) is 4.01. The molecule has 4 rings (SSSR count). The lowest BCUT2D eigenvalue weighted by Gasteiger charge is -2.12. The summed E-state index contributed by atoms with van der Waals surface area (Å²) in [6.45, 7) is 6.22. The van der Waals surface area contributed by atoms with Crippen LogP contribution in [0.15, 0.2) is 59.6 Å². The van der Waals surface area contributed by atoms with Crippen LogP contribution in [0.1, 0.15) is 37.0 Å². The van der Waals surface area contributed by atoms with Gasteiger partial charge in [-0.05, 0) is 67.3 Å². The van der Waals surface area contributed by atoms with Gasteiger partial charge in [-0.15, -0.1) is 0 Å². The number of sulfonamides is 1. The zero-order valence-electron chi connectivity index (χ0n) is 18.4. The number of hydrogen-bond acceptors (Lipinski definition) is 4. The molecule has 0 spiro atoms. The van der Waals surface area contributed by atoms with E-state index in [9.17, 15) is 13.2 Å². The Bertz CT molecular complexity index is 1190. The van der Waals surface area contributed by atoms with Crippen molar-refractivity contribution in [3.05, 3.63) is 60.3 Å². The third kappa shape index (κ3) is 5.20. The fourth-order valence-electron chi connectivity index (χ4n) is 3.91. The molecule has 1 atom stereocenters. The monoisotopic (exact) mass is 455 g/mol. The Balaban J connectivity index is 1.41. The van der Waals surface area contributed by atoms with Gasteiger partial charge in [-0.3, -0.25) is 4.79 Å². The fraction of sp³-hybridized carbons (Fsp3) is 0.375. The summed E-state index contributed by atoms with van der Waals surface area (Å²) >= 11 is 0. The molecule has 0 aliphatic carbocycles. The lowest BCUT2D eigenvalue weighted by Crippen LogP contribution is -2.31. The number of rotatable bonds is 8. The van der Waals surface area contributed by atoms with Crippen LogP contribution in [0.5, 0.6) is 0 Å². The number of aromatic nitrogens is 1. The molecule has 1 fully saturated rings. The highest BCUT2D eigenvalue weighted by molar-refractivity contribution is 7.89. The molecule has 170 valence electrons. The first-order chi connectivity index (χ1) is 15.3. The van der Waals surface area contributed by atoms with E-state index in [0.29, 0.717) is 23.8 Å². The van der Waals surface area contributed by atoms with Gasteiger partial charge >= 0.3 is 0 Å². The Hall–Kier alpha value is -2.68. The molecule has 3 aromatic rings. The van der Waals surface area contributed by atoms with E-state index in [0.717, 1.165) is 30.3 Å². The molecule has 7 nitrogen and oxygen atoms in total. The molecule has 1 aliphatic rings. The molecule has 1 unspecified atom stereocenters. The molecule has 32 heavy (non-hydrogen) atoms. The minimum atomic E-state index is -3.64. The van der Waals surface area contributed by atoms with Crippen molar-refractivity contribution in [3.8, 4) is 0 Å². The van der Waals surface area contributed by atoms with Gasteiger partial charge in [-0.25, -0.2) is 13.1 Å². The smallest absolute Gasteiger partial charge is 0.255 e. The Labute approximate surface area is 188 Å². The minimum absolute atomic E-state index is 0.0746. The van der Waals surface area contributed by atoms with Crippen molar-refractivity contribution in [1.82, 2.24) is 9.29 Å². The third-order valence-electron chi connectivity index (χ3n) is 5.54. The molecule has 0 radical (unpaired) electrons. The molecule has 0 saturated carbocycles. The van der Waals surface area contributed by atoms with Gasteiger partial charge < -0.3 is 14.6 Å². The molecule has 1 aliphatic heterocycles. The largest absolute Gasteiger partial charge is 0.377 e. The third-order valence-corrected chi connectivity index (χ3v) is 6.98. The highest BCUT2D eigenvalue weighted by Gasteiger charge is 2.20. The lowest BCUT2D eigenvalue weighted by molar-refractivity contribution is 0.102. The van der Waals surface area contributed by atoms with Crippen molar-refractivity contribution in [2.24, 2.45) is 5.92 Å². The zero-order valence-corrected chi connectivity index (χ0v) is 19.2. The summed E-state index contributed by atoms with van der Waals surface area (Å²) in [5.41, 5.74) is 2.21. The Morgan fingerprint density at radius 3 is 2.62 bits per heavy atom. The number of carbonyl (C=O) groups is 1. The van der Waals surface area contributed by atoms with E-state index >= 15 is 0 Å². The molecule has 0 bridgehead atoms. The second-order valence-corrected chi connectivity index (χ2v) is 10.4. The van der Waals surface area contributed by atoms with Gasteiger partial charge in [0.05, 0.1) is 11.0 Å². The summed E-state index contributed by atoms with van der Waals surface area (Å²) in [5, 5.41) is 3.95. The maximum absolute atomic E-state index is 12.7. The number of carbonyl (C=O) groups excluding carboxylic acids is 1. The first kappa shape index (κ1) is 22.5. The van der Waals surface area contributed by atoms with Gasteiger partial charge in [0.25, 0.3) is 5.91 Å². The van der Waals surface area contributed by atoms with Gasteiger partial charge in [0.2, 0.25) is 10.0 Å². The molecule has 2 N–H and O–H groups in total. The highest BCUT2D eigenvalue weighted by atomic mass is 32.2. The van der Waals surface area contributed by atoms with Gasteiger partial charge in [0, 0.05) is 48.0 Å². The van der Waals surface area contributed by atoms with E-state index in [1.807, 2.05) is 24.3 Å². The molecule has 8 heteroatoms. The topological polar surface area (TPSA) is 89.4 Å². The lowest BCUT2D eigenvalue weighted by atomic mass is 10.2. The second-order valence-electron chi connectivity index (χ2n) is 8.60. The van der Waals surface area contributed by atoms with Gasteiger partial charge in [0.1, 0.15) is 0 Å². The number of anilines is 1. The Kier molecular flexibility index (Phi) is 6.64. The van der Waals surface area contributed by atoms with E-state index in [1.54, 1.807) is 0 Å². The Morgan fingerprint density at radius 1 is 1.16 bits per heavy atom. The normalized spacial score (nSPS) is 16.7. The van der Waals surface area contributed by atoms with Crippen LogP contribution < -0.4 is 10.0 Å². The van der Waals surface area contributed by atoms with E-state index in [2.05, 4.69) is 34.7 Å². The summed E-state index contributed by atoms with van der Waals surface area (Å²) < 4.78 is 35.2. The quantitative estimate of drug-likeness (QED) is 0.537. The van der Waals surface area contributed by atoms with Crippen LogP contribution in [-0.4, -0.2) is 38.1 Å². The number of fused-ring (bicyclic) bond motifs is 1. The van der Waals surface area contributed by atoms with Crippen LogP contribution in [0.4, 0.5) is 5.69 Å². The number of amides is 1. The fourth-order valence-corrected chi connectivity index (χ4v) is 4.98. The van der Waals surface area contributed by atoms with Crippen LogP contribution >= 0.6 is 0 Å². The molecule has 1 amide bonds. The standard InChI is InChI=1S/C24H29N3O4S/c1-17(2)16-27-12-11-19-14-20(7-10-23(19)27)26-24(28)18-5-8-22(9-6-18)32(29,30)25-15-21-4-3-13-31-21/h5-12,14,17,21,25H,3-4,13,15-16H2,1-2H3,(H,26,28). The van der Waals surface area contributed by atoms with Crippen molar-refractivity contribution in [1.29, 1.82) is 0 Å². The van der Waals surface area contributed by atoms with Crippen molar-refractivity contribution >= 4 is 32.5 Å². The SMILES string of the molecule is CC(C)Cn1ccc2cc(NC(=O)c3ccc(S(=O)(=O)NCC4CCCO4)cc3)ccc21. The Morgan fingerprint density at radius 2 is 1.94 bits per heavy atom. The van der Waals surface area contributed by atoms with Crippen molar-refractivity contribution < 1.29 is 17.9 Å². The van der Waals surface area contributed by atoms with Crippen LogP contribution in [0.25, 0.3) is 10.9 Å². The van der Waals surface area contributed by atoms with E-state index in [-0.39, 0.29) is 23.5 Å². The maximum atomic E-state index is 12.7. The van der Waals surface area contributed by atoms with Crippen LogP contribution in [0.2, 0.25) is 0 Å². The predicted molar refractivity (Wildman–Crippen MR) is 125 cm³/mol. The number of nitrogens with zero attached hydrogens (tertiary/aromatic N) is 1. The molecular weight excluding hydrogens is 426 g/mol. The van der Waals surface area contributed by atoms with Crippen molar-refractivity contribution in [3.63, 3.8) is 0 Å². The summed E-state index contributed by atoms with van der Waals surface area (Å²) in [4.78, 5) is 12.8. The van der Waals surface area contributed by atoms with Gasteiger partial charge in [0.15, 0.2) is 0 Å². The first-order valence-corrected chi connectivity index (χ1v) is 12.4. The number of nitrogens with one attached hydrogen (secondary N) is 2. The zero-order chi connectivity index (χ0) is 22.7. The van der Waals surface area contributed by atoms with Crippen LogP contribution in [0.3, 0.4) is 0 Å². The molecule has 2 heterocycles. The summed E-state index contributed by atoms with van der Waals surface area (Å²) in [5.74, 6) is 0.255. The number of ether oxygens (including phenoxy) is 1. The first-order valence-electron chi connectivity index (χ1n) is 10.9. The maximum Gasteiger partial charge on any atom is 0.255 e. The van der Waals surface area contributed by atoms with E-state index in [1.165, 1.54) is 24.3 Å². The van der Waals surface area contributed by atoms with Crippen molar-refractivity contribution in [2.45, 2.75) is 44.2 Å². The van der Waals surface area contributed by atoms with E-state index < -0.39 is 10.0 Å². The average molecular weight is 456 g/mol. The molecular formula is C24H29N3O4S. The van der Waals surface area contributed by atoms with E-state index in [4.69, 9.17) is 4.74 Å². The molecule has 1 aromatic heterocycles. The minimum Gasteiger partial charge on any atom is -0.377 e. The molecule has 2 aromatic carbocycles. The van der Waals surface area contributed by atoms with Gasteiger partial charge in [-0.2, -0.15) is 0 Å². The van der Waals surface area contributed by atoms with Crippen LogP contribution in [-0.2, 0) is 21.3 Å². The van der Waals surface area contributed by atoms with Gasteiger partial charge in [-0.1, -0.05) is 13.8 Å². The number of hydrogen-bond donors (Lipinski definition) is 2. The number of benzene rings is 2. The summed E-state index contributed by atoms with van der Waals surface area (Å²) in [7, 11) is -3.64. The second kappa shape index (κ2) is 9.44. The average Bonchev–Trinajstić information content (AvgIpc) is 3.42. The van der Waals surface area contributed by atoms with Crippen LogP contribution in [0, 0.1) is 5.92 Å².